The fourth-order valence-corrected chi connectivity index (χ4v) is 3.74. The molecule has 3 aromatic rings. The molecule has 0 saturated carbocycles. The summed E-state index contributed by atoms with van der Waals surface area (Å²) in [5.41, 5.74) is 4.31. The van der Waals surface area contributed by atoms with E-state index in [4.69, 9.17) is 0 Å². The van der Waals surface area contributed by atoms with Crippen molar-refractivity contribution in [1.82, 2.24) is 9.47 Å². The van der Waals surface area contributed by atoms with Crippen LogP contribution in [0.15, 0.2) is 42.6 Å². The topological polar surface area (TPSA) is 8.17 Å². The lowest BCUT2D eigenvalue weighted by molar-refractivity contribution is 0.296. The third-order valence-corrected chi connectivity index (χ3v) is 4.80. The number of rotatable bonds is 1. The van der Waals surface area contributed by atoms with E-state index >= 15 is 0 Å². The molecule has 0 fully saturated rings. The van der Waals surface area contributed by atoms with E-state index in [2.05, 4.69) is 33.9 Å². The van der Waals surface area contributed by atoms with Crippen LogP contribution in [0.2, 0.25) is 0 Å². The van der Waals surface area contributed by atoms with Crippen LogP contribution >= 0.6 is 0 Å². The summed E-state index contributed by atoms with van der Waals surface area (Å²) in [7, 11) is 4.08. The van der Waals surface area contributed by atoms with Gasteiger partial charge in [-0.2, -0.15) is 0 Å². The Morgan fingerprint density at radius 3 is 2.48 bits per heavy atom. The van der Waals surface area contributed by atoms with Crippen molar-refractivity contribution in [3.05, 3.63) is 70.9 Å². The first kappa shape index (κ1) is 14.4. The number of halogens is 2. The summed E-state index contributed by atoms with van der Waals surface area (Å²) >= 11 is 0. The molecule has 4 rings (SSSR count). The van der Waals surface area contributed by atoms with Crippen LogP contribution in [0.1, 0.15) is 22.6 Å². The summed E-state index contributed by atoms with van der Waals surface area (Å²) in [5, 5.41) is 1.22. The molecule has 118 valence electrons. The summed E-state index contributed by atoms with van der Waals surface area (Å²) in [6.45, 7) is 1.61. The fourth-order valence-electron chi connectivity index (χ4n) is 3.74. The summed E-state index contributed by atoms with van der Waals surface area (Å²) in [4.78, 5) is 2.21. The van der Waals surface area contributed by atoms with Gasteiger partial charge in [-0.25, -0.2) is 8.78 Å². The van der Waals surface area contributed by atoms with Gasteiger partial charge in [0, 0.05) is 49.2 Å². The molecule has 0 spiro atoms. The molecular formula is C19H18F2N2. The van der Waals surface area contributed by atoms with Crippen molar-refractivity contribution in [3.8, 4) is 0 Å². The Balaban J connectivity index is 1.92. The maximum Gasteiger partial charge on any atom is 0.126 e. The molecule has 0 N–H and O–H groups in total. The summed E-state index contributed by atoms with van der Waals surface area (Å²) in [5.74, 6) is -1.05. The van der Waals surface area contributed by atoms with Gasteiger partial charge in [0.15, 0.2) is 0 Å². The number of nitrogens with zero attached hydrogens (tertiary/aromatic N) is 2. The Hall–Kier alpha value is -2.20. The van der Waals surface area contributed by atoms with E-state index in [1.807, 2.05) is 14.1 Å². The molecule has 0 aliphatic carbocycles. The van der Waals surface area contributed by atoms with Crippen LogP contribution in [-0.4, -0.2) is 23.1 Å². The molecule has 0 radical (unpaired) electrons. The smallest absolute Gasteiger partial charge is 0.126 e. The molecule has 1 atom stereocenters. The minimum absolute atomic E-state index is 0.0152. The van der Waals surface area contributed by atoms with Gasteiger partial charge in [-0.15, -0.1) is 0 Å². The van der Waals surface area contributed by atoms with Gasteiger partial charge in [0.1, 0.15) is 11.6 Å². The van der Waals surface area contributed by atoms with Gasteiger partial charge in [0.05, 0.1) is 0 Å². The average molecular weight is 312 g/mol. The highest BCUT2D eigenvalue weighted by Crippen LogP contribution is 2.37. The zero-order valence-electron chi connectivity index (χ0n) is 13.2. The van der Waals surface area contributed by atoms with Crippen LogP contribution in [0, 0.1) is 11.6 Å². The second-order valence-electron chi connectivity index (χ2n) is 6.44. The number of likely N-dealkylation sites (N-methyl/N-ethyl adjacent to an activating group) is 1. The SMILES string of the molecule is CN1Cc2c(ccc3c2ccn3C)[C@H](c2cc(F)cc(F)c2)C1. The number of fused-ring (bicyclic) bond motifs is 3. The Bertz CT molecular complexity index is 878. The number of aromatic nitrogens is 1. The van der Waals surface area contributed by atoms with Gasteiger partial charge in [0.25, 0.3) is 0 Å². The molecular weight excluding hydrogens is 294 g/mol. The molecule has 2 heterocycles. The Morgan fingerprint density at radius 1 is 1.00 bits per heavy atom. The first-order valence-electron chi connectivity index (χ1n) is 7.74. The van der Waals surface area contributed by atoms with Gasteiger partial charge in [-0.3, -0.25) is 0 Å². The summed E-state index contributed by atoms with van der Waals surface area (Å²) < 4.78 is 29.4. The van der Waals surface area contributed by atoms with Gasteiger partial charge in [-0.1, -0.05) is 6.07 Å². The van der Waals surface area contributed by atoms with Crippen molar-refractivity contribution in [1.29, 1.82) is 0 Å². The molecule has 1 aliphatic heterocycles. The van der Waals surface area contributed by atoms with E-state index in [9.17, 15) is 8.78 Å². The van der Waals surface area contributed by atoms with Gasteiger partial charge in [-0.05, 0) is 48.0 Å². The molecule has 23 heavy (non-hydrogen) atoms. The molecule has 0 amide bonds. The van der Waals surface area contributed by atoms with E-state index in [1.165, 1.54) is 34.2 Å². The lowest BCUT2D eigenvalue weighted by Gasteiger charge is -2.33. The second-order valence-corrected chi connectivity index (χ2v) is 6.44. The van der Waals surface area contributed by atoms with Crippen molar-refractivity contribution < 1.29 is 8.78 Å². The van der Waals surface area contributed by atoms with Crippen LogP contribution in [0.5, 0.6) is 0 Å². The van der Waals surface area contributed by atoms with Crippen LogP contribution in [0.3, 0.4) is 0 Å². The zero-order chi connectivity index (χ0) is 16.1. The van der Waals surface area contributed by atoms with Crippen molar-refractivity contribution >= 4 is 10.9 Å². The average Bonchev–Trinajstić information content (AvgIpc) is 2.87. The van der Waals surface area contributed by atoms with E-state index in [1.54, 1.807) is 0 Å². The molecule has 1 aromatic heterocycles. The second kappa shape index (κ2) is 5.17. The van der Waals surface area contributed by atoms with E-state index in [0.29, 0.717) is 5.56 Å². The lowest BCUT2D eigenvalue weighted by atomic mass is 9.83. The quantitative estimate of drug-likeness (QED) is 0.658. The third-order valence-electron chi connectivity index (χ3n) is 4.80. The Morgan fingerprint density at radius 2 is 1.74 bits per heavy atom. The van der Waals surface area contributed by atoms with Crippen molar-refractivity contribution in [2.45, 2.75) is 12.5 Å². The maximum absolute atomic E-state index is 13.7. The molecule has 4 heteroatoms. The van der Waals surface area contributed by atoms with Gasteiger partial charge >= 0.3 is 0 Å². The molecule has 1 aliphatic rings. The van der Waals surface area contributed by atoms with Gasteiger partial charge in [0.2, 0.25) is 0 Å². The molecule has 2 nitrogen and oxygen atoms in total. The van der Waals surface area contributed by atoms with Crippen molar-refractivity contribution in [3.63, 3.8) is 0 Å². The highest BCUT2D eigenvalue weighted by molar-refractivity contribution is 5.85. The zero-order valence-corrected chi connectivity index (χ0v) is 13.2. The normalized spacial score (nSPS) is 18.3. The van der Waals surface area contributed by atoms with E-state index in [0.717, 1.165) is 19.2 Å². The summed E-state index contributed by atoms with van der Waals surface area (Å²) in [6, 6.07) is 10.2. The van der Waals surface area contributed by atoms with Crippen molar-refractivity contribution in [2.24, 2.45) is 7.05 Å². The largest absolute Gasteiger partial charge is 0.351 e. The molecule has 0 saturated heterocycles. The highest BCUT2D eigenvalue weighted by Gasteiger charge is 2.27. The first-order valence-corrected chi connectivity index (χ1v) is 7.74. The number of benzene rings is 2. The van der Waals surface area contributed by atoms with Crippen LogP contribution in [-0.2, 0) is 13.6 Å². The monoisotopic (exact) mass is 312 g/mol. The Kier molecular flexibility index (Phi) is 3.23. The highest BCUT2D eigenvalue weighted by atomic mass is 19.1. The first-order chi connectivity index (χ1) is 11.0. The number of aryl methyl sites for hydroxylation is 1. The van der Waals surface area contributed by atoms with Crippen LogP contribution in [0.25, 0.3) is 10.9 Å². The number of hydrogen-bond acceptors (Lipinski definition) is 1. The maximum atomic E-state index is 13.7. The molecule has 2 aromatic carbocycles. The number of hydrogen-bond donors (Lipinski definition) is 0. The summed E-state index contributed by atoms with van der Waals surface area (Å²) in [6.07, 6.45) is 2.05. The van der Waals surface area contributed by atoms with E-state index < -0.39 is 11.6 Å². The molecule has 0 unspecified atom stereocenters. The van der Waals surface area contributed by atoms with Crippen LogP contribution in [0.4, 0.5) is 8.78 Å². The Labute approximate surface area is 133 Å². The van der Waals surface area contributed by atoms with Gasteiger partial charge < -0.3 is 9.47 Å². The minimum Gasteiger partial charge on any atom is -0.351 e. The fraction of sp³-hybridized carbons (Fsp3) is 0.263. The predicted octanol–water partition coefficient (Wildman–Crippen LogP) is 4.03. The lowest BCUT2D eigenvalue weighted by Crippen LogP contribution is -2.31. The van der Waals surface area contributed by atoms with Crippen molar-refractivity contribution in [2.75, 3.05) is 13.6 Å². The van der Waals surface area contributed by atoms with E-state index in [-0.39, 0.29) is 5.92 Å². The minimum atomic E-state index is -0.518. The third kappa shape index (κ3) is 2.34. The molecule has 0 bridgehead atoms. The predicted molar refractivity (Wildman–Crippen MR) is 87.5 cm³/mol. The standard InChI is InChI=1S/C19H18F2N2/c1-22-10-17(12-7-13(20)9-14(21)8-12)15-3-4-19-16(18(15)11-22)5-6-23(19)2/h3-9,17H,10-11H2,1-2H3/t17-/m0/s1. The van der Waals surface area contributed by atoms with Crippen LogP contribution < -0.4 is 0 Å².